The Hall–Kier alpha value is -1.42. The smallest absolute Gasteiger partial charge is 0.197 e. The molecule has 0 fully saturated rings. The molecule has 0 amide bonds. The van der Waals surface area contributed by atoms with Crippen molar-refractivity contribution in [1.29, 1.82) is 0 Å². The Balaban J connectivity index is 2.52. The van der Waals surface area contributed by atoms with Gasteiger partial charge in [-0.3, -0.25) is 0 Å². The first kappa shape index (κ1) is 5.37. The van der Waals surface area contributed by atoms with Gasteiger partial charge in [0, 0.05) is 6.07 Å². The van der Waals surface area contributed by atoms with Gasteiger partial charge >= 0.3 is 0 Å². The minimum absolute atomic E-state index is 0.158. The van der Waals surface area contributed by atoms with Gasteiger partial charge in [0.2, 0.25) is 0 Å². The second-order valence-electron chi connectivity index (χ2n) is 1.95. The average molecular weight is 139 g/mol. The van der Waals surface area contributed by atoms with Crippen molar-refractivity contribution in [2.45, 2.75) is 0 Å². The number of phenolic OH excluding ortho intramolecular Hbond substituents is 1. The average Bonchev–Trinajstić information content (AvgIpc) is 2.33. The lowest BCUT2D eigenvalue weighted by Gasteiger charge is -1.91. The zero-order chi connectivity index (χ0) is 6.97. The van der Waals surface area contributed by atoms with E-state index in [0.717, 1.165) is 5.69 Å². The molecule has 0 unspecified atom stereocenters. The van der Waals surface area contributed by atoms with Crippen LogP contribution in [0.15, 0.2) is 18.2 Å². The van der Waals surface area contributed by atoms with Crippen LogP contribution in [0.1, 0.15) is 0 Å². The maximum absolute atomic E-state index is 8.93. The summed E-state index contributed by atoms with van der Waals surface area (Å²) < 4.78 is 0. The van der Waals surface area contributed by atoms with Gasteiger partial charge in [0.1, 0.15) is 11.4 Å². The second-order valence-corrected chi connectivity index (χ2v) is 1.95. The summed E-state index contributed by atoms with van der Waals surface area (Å²) in [5.41, 5.74) is 3.21. The SMILES string of the molecule is Oc1ccc2c(c1)OON2. The van der Waals surface area contributed by atoms with E-state index in [-0.39, 0.29) is 5.75 Å². The Morgan fingerprint density at radius 3 is 3.20 bits per heavy atom. The summed E-state index contributed by atoms with van der Waals surface area (Å²) >= 11 is 0. The molecule has 1 heterocycles. The highest BCUT2D eigenvalue weighted by molar-refractivity contribution is 5.58. The molecular weight excluding hydrogens is 134 g/mol. The van der Waals surface area contributed by atoms with Crippen LogP contribution in [0, 0.1) is 0 Å². The number of rotatable bonds is 0. The van der Waals surface area contributed by atoms with Crippen LogP contribution in [-0.4, -0.2) is 5.11 Å². The van der Waals surface area contributed by atoms with Crippen LogP contribution in [0.4, 0.5) is 5.69 Å². The van der Waals surface area contributed by atoms with Crippen molar-refractivity contribution in [2.24, 2.45) is 0 Å². The minimum Gasteiger partial charge on any atom is -0.508 e. The molecule has 0 radical (unpaired) electrons. The van der Waals surface area contributed by atoms with Gasteiger partial charge in [0.05, 0.1) is 0 Å². The summed E-state index contributed by atoms with van der Waals surface area (Å²) in [6, 6.07) is 4.68. The van der Waals surface area contributed by atoms with E-state index in [4.69, 9.17) is 5.11 Å². The molecule has 0 atom stereocenters. The third-order valence-electron chi connectivity index (χ3n) is 1.25. The van der Waals surface area contributed by atoms with Gasteiger partial charge in [-0.2, -0.15) is 0 Å². The molecule has 0 saturated heterocycles. The molecule has 52 valence electrons. The Morgan fingerprint density at radius 1 is 1.40 bits per heavy atom. The lowest BCUT2D eigenvalue weighted by molar-refractivity contribution is -0.160. The van der Waals surface area contributed by atoms with Crippen molar-refractivity contribution in [1.82, 2.24) is 0 Å². The quantitative estimate of drug-likeness (QED) is 0.416. The molecule has 2 N–H and O–H groups in total. The molecule has 1 aliphatic heterocycles. The van der Waals surface area contributed by atoms with E-state index >= 15 is 0 Å². The van der Waals surface area contributed by atoms with Crippen molar-refractivity contribution in [3.05, 3.63) is 18.2 Å². The number of hydrogen-bond acceptors (Lipinski definition) is 4. The van der Waals surface area contributed by atoms with Crippen molar-refractivity contribution >= 4 is 5.69 Å². The second kappa shape index (κ2) is 1.78. The fraction of sp³-hybridized carbons (Fsp3) is 0. The van der Waals surface area contributed by atoms with E-state index in [1.807, 2.05) is 0 Å². The topological polar surface area (TPSA) is 50.7 Å². The predicted molar refractivity (Wildman–Crippen MR) is 33.4 cm³/mol. The van der Waals surface area contributed by atoms with Gasteiger partial charge in [-0.15, -0.1) is 0 Å². The Kier molecular flexibility index (Phi) is 0.956. The van der Waals surface area contributed by atoms with E-state index in [9.17, 15) is 0 Å². The monoisotopic (exact) mass is 139 g/mol. The maximum Gasteiger partial charge on any atom is 0.197 e. The molecule has 4 nitrogen and oxygen atoms in total. The summed E-state index contributed by atoms with van der Waals surface area (Å²) in [6.45, 7) is 0. The summed E-state index contributed by atoms with van der Waals surface area (Å²) in [6.07, 6.45) is 0. The normalized spacial score (nSPS) is 13.6. The Morgan fingerprint density at radius 2 is 2.30 bits per heavy atom. The predicted octanol–water partition coefficient (Wildman–Crippen LogP) is 1.04. The molecule has 4 heteroatoms. The molecule has 0 bridgehead atoms. The molecule has 0 saturated carbocycles. The zero-order valence-electron chi connectivity index (χ0n) is 5.00. The van der Waals surface area contributed by atoms with Crippen LogP contribution in [0.2, 0.25) is 0 Å². The number of aromatic hydroxyl groups is 1. The number of fused-ring (bicyclic) bond motifs is 1. The van der Waals surface area contributed by atoms with Crippen molar-refractivity contribution < 1.29 is 15.0 Å². The Labute approximate surface area is 56.9 Å². The van der Waals surface area contributed by atoms with E-state index in [1.165, 1.54) is 6.07 Å². The summed E-state index contributed by atoms with van der Waals surface area (Å²) in [5.74, 6) is 0.658. The number of anilines is 1. The highest BCUT2D eigenvalue weighted by Crippen LogP contribution is 2.32. The van der Waals surface area contributed by atoms with Gasteiger partial charge in [0.15, 0.2) is 5.75 Å². The van der Waals surface area contributed by atoms with E-state index in [0.29, 0.717) is 5.75 Å². The molecule has 0 aliphatic carbocycles. The first-order valence-corrected chi connectivity index (χ1v) is 2.79. The van der Waals surface area contributed by atoms with Gasteiger partial charge in [-0.1, -0.05) is 4.99 Å². The summed E-state index contributed by atoms with van der Waals surface area (Å²) in [7, 11) is 0. The largest absolute Gasteiger partial charge is 0.508 e. The van der Waals surface area contributed by atoms with E-state index in [1.54, 1.807) is 12.1 Å². The van der Waals surface area contributed by atoms with Crippen molar-refractivity contribution in [3.63, 3.8) is 0 Å². The lowest BCUT2D eigenvalue weighted by atomic mass is 10.3. The van der Waals surface area contributed by atoms with E-state index < -0.39 is 0 Å². The standard InChI is InChI=1S/C6H5NO3/c8-4-1-2-5-6(3-4)9-10-7-5/h1-3,7-8H. The van der Waals surface area contributed by atoms with Gasteiger partial charge < -0.3 is 9.99 Å². The summed E-state index contributed by atoms with van der Waals surface area (Å²) in [4.78, 5) is 9.02. The maximum atomic E-state index is 8.93. The van der Waals surface area contributed by atoms with Gasteiger partial charge in [0.25, 0.3) is 0 Å². The highest BCUT2D eigenvalue weighted by atomic mass is 17.3. The number of phenols is 1. The molecule has 0 aromatic heterocycles. The van der Waals surface area contributed by atoms with Crippen molar-refractivity contribution in [2.75, 3.05) is 5.48 Å². The number of hydrogen-bond donors (Lipinski definition) is 2. The molecule has 0 spiro atoms. The first-order valence-electron chi connectivity index (χ1n) is 2.79. The third-order valence-corrected chi connectivity index (χ3v) is 1.25. The van der Waals surface area contributed by atoms with E-state index in [2.05, 4.69) is 15.4 Å². The molecule has 10 heavy (non-hydrogen) atoms. The highest BCUT2D eigenvalue weighted by Gasteiger charge is 2.12. The molecule has 1 aromatic rings. The van der Waals surface area contributed by atoms with Crippen LogP contribution < -0.4 is 10.4 Å². The fourth-order valence-electron chi connectivity index (χ4n) is 0.775. The van der Waals surface area contributed by atoms with Crippen molar-refractivity contribution in [3.8, 4) is 11.5 Å². The van der Waals surface area contributed by atoms with Gasteiger partial charge in [-0.25, -0.2) is 5.48 Å². The third kappa shape index (κ3) is 0.663. The molecule has 1 aromatic carbocycles. The van der Waals surface area contributed by atoms with Crippen LogP contribution in [0.25, 0.3) is 0 Å². The summed E-state index contributed by atoms with van der Waals surface area (Å²) in [5, 5.41) is 8.93. The Bertz CT molecular complexity index is 261. The molecular formula is C6H5NO3. The lowest BCUT2D eigenvalue weighted by Crippen LogP contribution is -1.91. The van der Waals surface area contributed by atoms with Crippen LogP contribution >= 0.6 is 0 Å². The minimum atomic E-state index is 0.158. The fourth-order valence-corrected chi connectivity index (χ4v) is 0.775. The molecule has 1 aliphatic rings. The number of benzene rings is 1. The van der Waals surface area contributed by atoms with Crippen LogP contribution in [-0.2, 0) is 4.99 Å². The molecule has 2 rings (SSSR count). The van der Waals surface area contributed by atoms with Crippen LogP contribution in [0.5, 0.6) is 11.5 Å². The van der Waals surface area contributed by atoms with Gasteiger partial charge in [-0.05, 0) is 12.1 Å². The first-order chi connectivity index (χ1) is 4.86. The van der Waals surface area contributed by atoms with Crippen LogP contribution in [0.3, 0.4) is 0 Å². The zero-order valence-corrected chi connectivity index (χ0v) is 5.00. The number of nitrogens with one attached hydrogen (secondary N) is 1.